The van der Waals surface area contributed by atoms with E-state index in [0.717, 1.165) is 6.66 Å². The van der Waals surface area contributed by atoms with Gasteiger partial charge >= 0.3 is 7.60 Å². The maximum Gasteiger partial charge on any atom is 0.322 e. The summed E-state index contributed by atoms with van der Waals surface area (Å²) in [6.45, 7) is 0.854. The molecule has 4 heteroatoms. The van der Waals surface area contributed by atoms with Gasteiger partial charge in [0.25, 0.3) is 0 Å². The van der Waals surface area contributed by atoms with Gasteiger partial charge < -0.3 is 9.79 Å². The van der Waals surface area contributed by atoms with Gasteiger partial charge in [-0.15, -0.1) is 0 Å². The largest absolute Gasteiger partial charge is 0.325 e. The van der Waals surface area contributed by atoms with Gasteiger partial charge in [-0.3, -0.25) is 4.57 Å². The van der Waals surface area contributed by atoms with Crippen molar-refractivity contribution in [3.63, 3.8) is 0 Å². The third-order valence-electron chi connectivity index (χ3n) is 0. The molecule has 0 saturated heterocycles. The summed E-state index contributed by atoms with van der Waals surface area (Å²) in [6, 6.07) is 0. The third-order valence-corrected chi connectivity index (χ3v) is 0. The fraction of sp³-hybridized carbons (Fsp3) is 1.00. The number of hydrogen-bond donors (Lipinski definition) is 2. The Balaban J connectivity index is 0. The summed E-state index contributed by atoms with van der Waals surface area (Å²) in [7, 11) is -3.64. The van der Waals surface area contributed by atoms with Gasteiger partial charge in [-0.1, -0.05) is 7.43 Å². The van der Waals surface area contributed by atoms with E-state index in [-0.39, 0.29) is 7.43 Å². The van der Waals surface area contributed by atoms with Crippen LogP contribution in [0.25, 0.3) is 0 Å². The van der Waals surface area contributed by atoms with Crippen molar-refractivity contribution in [3.8, 4) is 0 Å². The lowest BCUT2D eigenvalue weighted by atomic mass is 12.0. The molecule has 3 nitrogen and oxygen atoms in total. The Kier molecular flexibility index (Phi) is 3.70. The molecule has 2 N–H and O–H groups in total. The maximum atomic E-state index is 9.33. The molecule has 40 valence electrons. The first-order valence-corrected chi connectivity index (χ1v) is 3.09. The van der Waals surface area contributed by atoms with Crippen LogP contribution in [-0.4, -0.2) is 16.5 Å². The molecule has 0 aliphatic rings. The number of rotatable bonds is 0. The second kappa shape index (κ2) is 2.35. The van der Waals surface area contributed by atoms with Gasteiger partial charge in [0.15, 0.2) is 0 Å². The average molecular weight is 112 g/mol. The van der Waals surface area contributed by atoms with Crippen LogP contribution >= 0.6 is 7.60 Å². The summed E-state index contributed by atoms with van der Waals surface area (Å²) in [6.07, 6.45) is 0. The van der Waals surface area contributed by atoms with E-state index < -0.39 is 7.60 Å². The van der Waals surface area contributed by atoms with Crippen molar-refractivity contribution in [3.05, 3.63) is 0 Å². The third kappa shape index (κ3) is 1830. The van der Waals surface area contributed by atoms with Crippen molar-refractivity contribution in [2.24, 2.45) is 0 Å². The summed E-state index contributed by atoms with van der Waals surface area (Å²) >= 11 is 0. The minimum atomic E-state index is -3.64. The molecular weight excluding hydrogens is 103 g/mol. The van der Waals surface area contributed by atoms with E-state index in [2.05, 4.69) is 0 Å². The SMILES string of the molecule is C.CP(=O)(O)O. The van der Waals surface area contributed by atoms with E-state index in [1.807, 2.05) is 0 Å². The highest BCUT2D eigenvalue weighted by atomic mass is 31.2. The van der Waals surface area contributed by atoms with Crippen molar-refractivity contribution < 1.29 is 14.4 Å². The topological polar surface area (TPSA) is 57.5 Å². The zero-order chi connectivity index (χ0) is 4.50. The molecule has 0 aromatic rings. The van der Waals surface area contributed by atoms with Gasteiger partial charge in [-0.2, -0.15) is 0 Å². The van der Waals surface area contributed by atoms with Gasteiger partial charge in [0.05, 0.1) is 0 Å². The van der Waals surface area contributed by atoms with Crippen molar-refractivity contribution in [2.45, 2.75) is 7.43 Å². The average Bonchev–Trinajstić information content (AvgIpc) is 0.722. The molecule has 0 aliphatic carbocycles. The lowest BCUT2D eigenvalue weighted by molar-refractivity contribution is 0.381. The lowest BCUT2D eigenvalue weighted by Gasteiger charge is -1.84. The lowest BCUT2D eigenvalue weighted by Crippen LogP contribution is -1.64. The van der Waals surface area contributed by atoms with Crippen LogP contribution in [-0.2, 0) is 4.57 Å². The summed E-state index contributed by atoms with van der Waals surface area (Å²) < 4.78 is 9.33. The van der Waals surface area contributed by atoms with Gasteiger partial charge in [-0.25, -0.2) is 0 Å². The Morgan fingerprint density at radius 2 is 1.50 bits per heavy atom. The molecule has 0 atom stereocenters. The zero-order valence-corrected chi connectivity index (χ0v) is 3.64. The molecular formula is C2H9O3P. The highest BCUT2D eigenvalue weighted by Gasteiger charge is 1.95. The molecule has 0 bridgehead atoms. The Morgan fingerprint density at radius 3 is 1.50 bits per heavy atom. The summed E-state index contributed by atoms with van der Waals surface area (Å²) in [5.41, 5.74) is 0. The Hall–Kier alpha value is 0.150. The molecule has 0 heterocycles. The minimum Gasteiger partial charge on any atom is -0.325 e. The van der Waals surface area contributed by atoms with Crippen LogP contribution in [0.5, 0.6) is 0 Å². The first-order valence-electron chi connectivity index (χ1n) is 1.03. The van der Waals surface area contributed by atoms with Gasteiger partial charge in [-0.05, 0) is 0 Å². The number of hydrogen-bond acceptors (Lipinski definition) is 1. The Morgan fingerprint density at radius 1 is 1.50 bits per heavy atom. The second-order valence-electron chi connectivity index (χ2n) is 0.835. The maximum absolute atomic E-state index is 9.33. The molecule has 0 spiro atoms. The second-order valence-corrected chi connectivity index (χ2v) is 2.51. The Labute approximate surface area is 37.2 Å². The van der Waals surface area contributed by atoms with Gasteiger partial charge in [0, 0.05) is 6.66 Å². The molecule has 0 aromatic heterocycles. The zero-order valence-electron chi connectivity index (χ0n) is 2.75. The molecule has 6 heavy (non-hydrogen) atoms. The summed E-state index contributed by atoms with van der Waals surface area (Å²) in [5, 5.41) is 0. The molecule has 0 amide bonds. The molecule has 0 rings (SSSR count). The fourth-order valence-electron chi connectivity index (χ4n) is 0. The molecule has 0 aromatic carbocycles. The van der Waals surface area contributed by atoms with E-state index in [1.165, 1.54) is 0 Å². The van der Waals surface area contributed by atoms with Crippen LogP contribution in [0.15, 0.2) is 0 Å². The van der Waals surface area contributed by atoms with Crippen molar-refractivity contribution in [1.82, 2.24) is 0 Å². The van der Waals surface area contributed by atoms with Crippen molar-refractivity contribution in [2.75, 3.05) is 6.66 Å². The van der Waals surface area contributed by atoms with Crippen molar-refractivity contribution in [1.29, 1.82) is 0 Å². The van der Waals surface area contributed by atoms with Crippen LogP contribution in [0.2, 0.25) is 0 Å². The monoisotopic (exact) mass is 112 g/mol. The quantitative estimate of drug-likeness (QED) is 0.447. The highest BCUT2D eigenvalue weighted by Crippen LogP contribution is 2.26. The molecule has 0 aliphatic heterocycles. The van der Waals surface area contributed by atoms with E-state index >= 15 is 0 Å². The van der Waals surface area contributed by atoms with Crippen LogP contribution in [0.3, 0.4) is 0 Å². The first-order chi connectivity index (χ1) is 2.00. The predicted octanol–water partition coefficient (Wildman–Crippen LogP) is 0.430. The predicted molar refractivity (Wildman–Crippen MR) is 24.7 cm³/mol. The normalized spacial score (nSPS) is 9.83. The van der Waals surface area contributed by atoms with Crippen molar-refractivity contribution >= 4 is 7.60 Å². The van der Waals surface area contributed by atoms with Gasteiger partial charge in [0.1, 0.15) is 0 Å². The van der Waals surface area contributed by atoms with E-state index in [1.54, 1.807) is 0 Å². The molecule has 0 fully saturated rings. The standard InChI is InChI=1S/CH5O3P.CH4/c1-5(2,3)4;/h1H3,(H2,2,3,4);1H4. The Bertz CT molecular complexity index is 54.9. The summed E-state index contributed by atoms with van der Waals surface area (Å²) in [4.78, 5) is 15.3. The molecule has 0 unspecified atom stereocenters. The van der Waals surface area contributed by atoms with Crippen LogP contribution in [0, 0.1) is 0 Å². The van der Waals surface area contributed by atoms with Crippen LogP contribution < -0.4 is 0 Å². The molecule has 0 saturated carbocycles. The smallest absolute Gasteiger partial charge is 0.322 e. The molecule has 0 radical (unpaired) electrons. The highest BCUT2D eigenvalue weighted by molar-refractivity contribution is 7.50. The minimum absolute atomic E-state index is 0. The summed E-state index contributed by atoms with van der Waals surface area (Å²) in [5.74, 6) is 0. The van der Waals surface area contributed by atoms with E-state index in [9.17, 15) is 4.57 Å². The van der Waals surface area contributed by atoms with E-state index in [4.69, 9.17) is 9.79 Å². The van der Waals surface area contributed by atoms with Crippen LogP contribution in [0.4, 0.5) is 0 Å². The van der Waals surface area contributed by atoms with Gasteiger partial charge in [0.2, 0.25) is 0 Å². The fourth-order valence-corrected chi connectivity index (χ4v) is 0. The first kappa shape index (κ1) is 9.47. The van der Waals surface area contributed by atoms with Crippen LogP contribution in [0.1, 0.15) is 7.43 Å². The van der Waals surface area contributed by atoms with E-state index in [0.29, 0.717) is 0 Å².